The molecule has 9 nitrogen and oxygen atoms in total. The fourth-order valence-electron chi connectivity index (χ4n) is 3.03. The summed E-state index contributed by atoms with van der Waals surface area (Å²) < 4.78 is 53.6. The molecule has 4 rings (SSSR count). The quantitative estimate of drug-likeness (QED) is 0.389. The van der Waals surface area contributed by atoms with Gasteiger partial charge in [0.15, 0.2) is 0 Å². The van der Waals surface area contributed by atoms with E-state index in [9.17, 15) is 23.3 Å². The van der Waals surface area contributed by atoms with Crippen molar-refractivity contribution in [2.45, 2.75) is 25.6 Å². The molecule has 0 amide bonds. The van der Waals surface area contributed by atoms with Crippen molar-refractivity contribution >= 4 is 17.4 Å². The van der Waals surface area contributed by atoms with Crippen molar-refractivity contribution in [3.05, 3.63) is 63.6 Å². The number of imidazole rings is 1. The summed E-state index contributed by atoms with van der Waals surface area (Å²) in [6.45, 7) is 0.704. The Morgan fingerprint density at radius 2 is 2.06 bits per heavy atom. The number of alkyl halides is 3. The van der Waals surface area contributed by atoms with Gasteiger partial charge in [0.05, 0.1) is 23.9 Å². The Labute approximate surface area is 183 Å². The zero-order valence-corrected chi connectivity index (χ0v) is 16.8. The predicted molar refractivity (Wildman–Crippen MR) is 104 cm³/mol. The van der Waals surface area contributed by atoms with Crippen LogP contribution < -0.4 is 9.47 Å². The summed E-state index contributed by atoms with van der Waals surface area (Å²) in [5.74, 6) is -0.780. The lowest BCUT2D eigenvalue weighted by molar-refractivity contribution is -0.389. The van der Waals surface area contributed by atoms with Gasteiger partial charge in [-0.25, -0.2) is 0 Å². The minimum Gasteiger partial charge on any atom is -0.443 e. The molecule has 1 aliphatic heterocycles. The second kappa shape index (κ2) is 8.63. The third-order valence-corrected chi connectivity index (χ3v) is 4.79. The number of nitro groups is 1. The largest absolute Gasteiger partial charge is 0.573 e. The van der Waals surface area contributed by atoms with Gasteiger partial charge in [-0.1, -0.05) is 23.7 Å². The van der Waals surface area contributed by atoms with Crippen molar-refractivity contribution in [1.29, 1.82) is 0 Å². The maximum atomic E-state index is 12.4. The molecule has 3 aromatic rings. The Hall–Kier alpha value is -3.38. The Balaban J connectivity index is 1.36. The summed E-state index contributed by atoms with van der Waals surface area (Å²) in [7, 11) is 0. The summed E-state index contributed by atoms with van der Waals surface area (Å²) in [4.78, 5) is 18.3. The highest BCUT2D eigenvalue weighted by atomic mass is 35.5. The average molecular weight is 471 g/mol. The second-order valence-corrected chi connectivity index (χ2v) is 7.17. The molecule has 1 aromatic carbocycles. The highest BCUT2D eigenvalue weighted by Crippen LogP contribution is 2.33. The first-order valence-corrected chi connectivity index (χ1v) is 9.52. The van der Waals surface area contributed by atoms with E-state index in [-0.39, 0.29) is 36.2 Å². The molecule has 168 valence electrons. The summed E-state index contributed by atoms with van der Waals surface area (Å²) >= 11 is 5.89. The SMILES string of the molecule is O=[N+]([O-])c1cn2c(n1)OC[C@@H](OCc1ccc(-c3ccc(OC(F)(F)F)c(Cl)c3)cn1)C2. The normalized spacial score (nSPS) is 15.7. The Kier molecular flexibility index (Phi) is 5.89. The van der Waals surface area contributed by atoms with Gasteiger partial charge in [0, 0.05) is 16.7 Å². The molecule has 0 saturated carbocycles. The number of pyridine rings is 1. The molecule has 2 aromatic heterocycles. The van der Waals surface area contributed by atoms with Gasteiger partial charge in [-0.05, 0) is 28.7 Å². The van der Waals surface area contributed by atoms with E-state index in [0.717, 1.165) is 6.07 Å². The third-order valence-electron chi connectivity index (χ3n) is 4.50. The second-order valence-electron chi connectivity index (χ2n) is 6.77. The van der Waals surface area contributed by atoms with Crippen LogP contribution in [0.3, 0.4) is 0 Å². The van der Waals surface area contributed by atoms with Crippen LogP contribution in [0.5, 0.6) is 11.8 Å². The molecule has 0 unspecified atom stereocenters. The first kappa shape index (κ1) is 21.8. The van der Waals surface area contributed by atoms with Crippen LogP contribution in [0.1, 0.15) is 5.69 Å². The minimum absolute atomic E-state index is 0.166. The zero-order chi connectivity index (χ0) is 22.9. The van der Waals surface area contributed by atoms with E-state index in [2.05, 4.69) is 14.7 Å². The Bertz CT molecular complexity index is 1140. The van der Waals surface area contributed by atoms with Gasteiger partial charge in [0.25, 0.3) is 0 Å². The number of halogens is 4. The molecule has 0 bridgehead atoms. The number of ether oxygens (including phenoxy) is 3. The van der Waals surface area contributed by atoms with Crippen LogP contribution in [0.2, 0.25) is 5.02 Å². The van der Waals surface area contributed by atoms with Gasteiger partial charge in [-0.15, -0.1) is 13.2 Å². The minimum atomic E-state index is -4.83. The van der Waals surface area contributed by atoms with Crippen LogP contribution >= 0.6 is 11.6 Å². The zero-order valence-electron chi connectivity index (χ0n) is 16.1. The highest BCUT2D eigenvalue weighted by molar-refractivity contribution is 6.32. The standard InChI is InChI=1S/C19H14ClF3N4O5/c20-15-5-11(2-4-16(15)32-19(21,22)23)12-1-3-13(24-6-12)9-30-14-7-26-8-17(27(28)29)25-18(26)31-10-14/h1-6,8,14H,7,9-10H2/t14-/m0/s1. The molecule has 0 fully saturated rings. The smallest absolute Gasteiger partial charge is 0.443 e. The van der Waals surface area contributed by atoms with Crippen molar-refractivity contribution < 1.29 is 32.3 Å². The predicted octanol–water partition coefficient (Wildman–Crippen LogP) is 4.38. The summed E-state index contributed by atoms with van der Waals surface area (Å²) in [5.41, 5.74) is 1.82. The van der Waals surface area contributed by atoms with Gasteiger partial charge in [0.2, 0.25) is 0 Å². The van der Waals surface area contributed by atoms with Gasteiger partial charge in [-0.3, -0.25) is 9.55 Å². The van der Waals surface area contributed by atoms with E-state index in [1.165, 1.54) is 22.9 Å². The lowest BCUT2D eigenvalue weighted by atomic mass is 10.1. The summed E-state index contributed by atoms with van der Waals surface area (Å²) in [6.07, 6.45) is -2.35. The lowest BCUT2D eigenvalue weighted by Gasteiger charge is -2.22. The van der Waals surface area contributed by atoms with E-state index in [1.54, 1.807) is 18.3 Å². The number of aromatic nitrogens is 3. The van der Waals surface area contributed by atoms with E-state index in [0.29, 0.717) is 23.4 Å². The van der Waals surface area contributed by atoms with Crippen LogP contribution in [-0.2, 0) is 17.9 Å². The molecule has 0 spiro atoms. The fraction of sp³-hybridized carbons (Fsp3) is 0.263. The monoisotopic (exact) mass is 470 g/mol. The molecule has 0 aliphatic carbocycles. The molecule has 32 heavy (non-hydrogen) atoms. The van der Waals surface area contributed by atoms with Gasteiger partial charge in [0.1, 0.15) is 24.7 Å². The fourth-order valence-corrected chi connectivity index (χ4v) is 3.25. The first-order chi connectivity index (χ1) is 15.2. The van der Waals surface area contributed by atoms with Crippen molar-refractivity contribution in [3.63, 3.8) is 0 Å². The molecule has 0 radical (unpaired) electrons. The van der Waals surface area contributed by atoms with Crippen LogP contribution in [0.25, 0.3) is 11.1 Å². The lowest BCUT2D eigenvalue weighted by Crippen LogP contribution is -2.32. The van der Waals surface area contributed by atoms with Crippen LogP contribution in [0.4, 0.5) is 19.0 Å². The first-order valence-electron chi connectivity index (χ1n) is 9.14. The number of rotatable bonds is 6. The van der Waals surface area contributed by atoms with E-state index in [1.807, 2.05) is 0 Å². The molecule has 1 aliphatic rings. The molecular formula is C19H14ClF3N4O5. The number of fused-ring (bicyclic) bond motifs is 1. The van der Waals surface area contributed by atoms with E-state index < -0.39 is 17.0 Å². The van der Waals surface area contributed by atoms with Crippen molar-refractivity contribution in [1.82, 2.24) is 14.5 Å². The van der Waals surface area contributed by atoms with Crippen molar-refractivity contribution in [2.24, 2.45) is 0 Å². The van der Waals surface area contributed by atoms with Gasteiger partial charge < -0.3 is 24.3 Å². The average Bonchev–Trinajstić information content (AvgIpc) is 3.17. The van der Waals surface area contributed by atoms with E-state index in [4.69, 9.17) is 21.1 Å². The van der Waals surface area contributed by atoms with Crippen LogP contribution in [0.15, 0.2) is 42.7 Å². The Morgan fingerprint density at radius 3 is 2.72 bits per heavy atom. The molecule has 0 saturated heterocycles. The molecular weight excluding hydrogens is 457 g/mol. The molecule has 13 heteroatoms. The molecule has 1 atom stereocenters. The highest BCUT2D eigenvalue weighted by Gasteiger charge is 2.32. The number of benzene rings is 1. The number of hydrogen-bond acceptors (Lipinski definition) is 7. The third kappa shape index (κ3) is 5.08. The molecule has 0 N–H and O–H groups in total. The van der Waals surface area contributed by atoms with Gasteiger partial charge in [-0.2, -0.15) is 0 Å². The summed E-state index contributed by atoms with van der Waals surface area (Å²) in [5, 5.41) is 10.6. The topological polar surface area (TPSA) is 102 Å². The van der Waals surface area contributed by atoms with Crippen LogP contribution in [-0.4, -0.2) is 38.5 Å². The van der Waals surface area contributed by atoms with Gasteiger partial charge >= 0.3 is 18.2 Å². The van der Waals surface area contributed by atoms with Crippen molar-refractivity contribution in [2.75, 3.05) is 6.61 Å². The van der Waals surface area contributed by atoms with Crippen molar-refractivity contribution in [3.8, 4) is 22.9 Å². The number of nitrogens with zero attached hydrogens (tertiary/aromatic N) is 4. The Morgan fingerprint density at radius 1 is 1.28 bits per heavy atom. The maximum absolute atomic E-state index is 12.4. The summed E-state index contributed by atoms with van der Waals surface area (Å²) in [6, 6.07) is 7.55. The van der Waals surface area contributed by atoms with E-state index >= 15 is 0 Å². The maximum Gasteiger partial charge on any atom is 0.573 e. The number of hydrogen-bond donors (Lipinski definition) is 0. The van der Waals surface area contributed by atoms with Crippen LogP contribution in [0, 0.1) is 10.1 Å². The molecule has 3 heterocycles.